The number of nitrogens with one attached hydrogen (secondary N) is 1. The number of fused-ring (bicyclic) bond motifs is 2. The molecule has 3 fully saturated rings. The Hall–Kier alpha value is -0.660. The highest BCUT2D eigenvalue weighted by atomic mass is 32.2. The van der Waals surface area contributed by atoms with Gasteiger partial charge in [0.15, 0.2) is 0 Å². The zero-order valence-electron chi connectivity index (χ0n) is 11.8. The molecule has 2 unspecified atom stereocenters. The van der Waals surface area contributed by atoms with Crippen LogP contribution in [0.1, 0.15) is 32.1 Å². The van der Waals surface area contributed by atoms with E-state index in [9.17, 15) is 13.2 Å². The van der Waals surface area contributed by atoms with E-state index in [0.29, 0.717) is 38.0 Å². The van der Waals surface area contributed by atoms with E-state index in [4.69, 9.17) is 0 Å². The van der Waals surface area contributed by atoms with Gasteiger partial charge in [-0.15, -0.1) is 0 Å². The van der Waals surface area contributed by atoms with Gasteiger partial charge in [-0.3, -0.25) is 4.79 Å². The fraction of sp³-hybridized carbons (Fsp3) is 0.923. The van der Waals surface area contributed by atoms with Crippen LogP contribution < -0.4 is 5.32 Å². The van der Waals surface area contributed by atoms with E-state index >= 15 is 0 Å². The summed E-state index contributed by atoms with van der Waals surface area (Å²) >= 11 is 0. The topological polar surface area (TPSA) is 69.7 Å². The molecule has 3 heterocycles. The first kappa shape index (κ1) is 14.3. The molecule has 0 radical (unpaired) electrons. The average Bonchev–Trinajstić information content (AvgIpc) is 2.84. The second kappa shape index (κ2) is 5.61. The minimum Gasteiger partial charge on any atom is -0.335 e. The number of sulfonamides is 1. The maximum atomic E-state index is 12.5. The highest BCUT2D eigenvalue weighted by molar-refractivity contribution is 7.89. The first-order valence-electron chi connectivity index (χ1n) is 7.57. The summed E-state index contributed by atoms with van der Waals surface area (Å²) in [5, 5.41) is 3.37. The molecule has 1 amide bonds. The average molecular weight is 301 g/mol. The van der Waals surface area contributed by atoms with Crippen LogP contribution in [0.15, 0.2) is 0 Å². The van der Waals surface area contributed by atoms with Gasteiger partial charge in [-0.05, 0) is 32.2 Å². The van der Waals surface area contributed by atoms with Gasteiger partial charge in [0.1, 0.15) is 0 Å². The third-order valence-electron chi connectivity index (χ3n) is 4.72. The van der Waals surface area contributed by atoms with Crippen LogP contribution in [0, 0.1) is 0 Å². The monoisotopic (exact) mass is 301 g/mol. The second-order valence-electron chi connectivity index (χ2n) is 6.00. The first-order valence-corrected chi connectivity index (χ1v) is 9.18. The van der Waals surface area contributed by atoms with E-state index in [1.807, 2.05) is 4.90 Å². The Labute approximate surface area is 120 Å². The Balaban J connectivity index is 1.59. The molecule has 3 saturated heterocycles. The van der Waals surface area contributed by atoms with Crippen molar-refractivity contribution in [2.24, 2.45) is 0 Å². The molecule has 2 atom stereocenters. The molecule has 7 heteroatoms. The Morgan fingerprint density at radius 3 is 2.75 bits per heavy atom. The number of amides is 1. The summed E-state index contributed by atoms with van der Waals surface area (Å²) < 4.78 is 25.0. The molecule has 0 aromatic heterocycles. The predicted octanol–water partition coefficient (Wildman–Crippen LogP) is -0.235. The summed E-state index contributed by atoms with van der Waals surface area (Å²) in [6.45, 7) is 2.78. The van der Waals surface area contributed by atoms with Crippen LogP contribution in [-0.2, 0) is 14.8 Å². The van der Waals surface area contributed by atoms with Crippen molar-refractivity contribution in [1.29, 1.82) is 0 Å². The quantitative estimate of drug-likeness (QED) is 0.781. The molecule has 3 aliphatic heterocycles. The molecule has 114 valence electrons. The van der Waals surface area contributed by atoms with Gasteiger partial charge in [-0.2, -0.15) is 0 Å². The number of nitrogens with zero attached hydrogens (tertiary/aromatic N) is 2. The molecule has 0 spiro atoms. The number of rotatable bonds is 3. The fourth-order valence-corrected chi connectivity index (χ4v) is 5.21. The molecule has 2 bridgehead atoms. The van der Waals surface area contributed by atoms with E-state index in [2.05, 4.69) is 5.32 Å². The van der Waals surface area contributed by atoms with Crippen LogP contribution in [-0.4, -0.2) is 67.5 Å². The minimum atomic E-state index is -3.08. The van der Waals surface area contributed by atoms with Crippen LogP contribution in [0.3, 0.4) is 0 Å². The van der Waals surface area contributed by atoms with Gasteiger partial charge in [-0.25, -0.2) is 12.7 Å². The molecule has 0 aromatic carbocycles. The van der Waals surface area contributed by atoms with E-state index in [-0.39, 0.29) is 11.7 Å². The Kier molecular flexibility index (Phi) is 4.01. The lowest BCUT2D eigenvalue weighted by molar-refractivity contribution is -0.133. The molecule has 0 aromatic rings. The normalized spacial score (nSPS) is 33.3. The Bertz CT molecular complexity index is 465. The van der Waals surface area contributed by atoms with Crippen molar-refractivity contribution in [1.82, 2.24) is 14.5 Å². The van der Waals surface area contributed by atoms with Gasteiger partial charge in [0.25, 0.3) is 0 Å². The summed E-state index contributed by atoms with van der Waals surface area (Å²) in [7, 11) is -3.08. The van der Waals surface area contributed by atoms with Crippen LogP contribution in [0.2, 0.25) is 0 Å². The van der Waals surface area contributed by atoms with Gasteiger partial charge in [0, 0.05) is 38.1 Å². The maximum Gasteiger partial charge on any atom is 0.224 e. The van der Waals surface area contributed by atoms with Crippen molar-refractivity contribution in [3.8, 4) is 0 Å². The van der Waals surface area contributed by atoms with Crippen molar-refractivity contribution in [2.75, 3.05) is 31.9 Å². The standard InChI is InChI=1S/C13H23N3O3S/c17-13(5-8-15-7-1-9-20(15,18)19)16-11-2-3-12(16)10-14-6-4-11/h11-12,14H,1-10H2. The van der Waals surface area contributed by atoms with E-state index in [1.165, 1.54) is 4.31 Å². The van der Waals surface area contributed by atoms with Crippen LogP contribution in [0.4, 0.5) is 0 Å². The number of hydrogen-bond donors (Lipinski definition) is 1. The molecular weight excluding hydrogens is 278 g/mol. The molecule has 0 aliphatic carbocycles. The van der Waals surface area contributed by atoms with E-state index < -0.39 is 10.0 Å². The van der Waals surface area contributed by atoms with Gasteiger partial charge >= 0.3 is 0 Å². The van der Waals surface area contributed by atoms with Crippen molar-refractivity contribution in [2.45, 2.75) is 44.2 Å². The highest BCUT2D eigenvalue weighted by Crippen LogP contribution is 2.28. The molecular formula is C13H23N3O3S. The van der Waals surface area contributed by atoms with Crippen LogP contribution in [0.25, 0.3) is 0 Å². The summed E-state index contributed by atoms with van der Waals surface area (Å²) in [6.07, 6.45) is 4.21. The first-order chi connectivity index (χ1) is 9.58. The zero-order chi connectivity index (χ0) is 14.2. The van der Waals surface area contributed by atoms with E-state index in [0.717, 1.165) is 32.4 Å². The zero-order valence-corrected chi connectivity index (χ0v) is 12.6. The van der Waals surface area contributed by atoms with Gasteiger partial charge in [-0.1, -0.05) is 0 Å². The van der Waals surface area contributed by atoms with Crippen molar-refractivity contribution < 1.29 is 13.2 Å². The molecule has 3 aliphatic rings. The predicted molar refractivity (Wildman–Crippen MR) is 75.7 cm³/mol. The van der Waals surface area contributed by atoms with Crippen molar-refractivity contribution in [3.05, 3.63) is 0 Å². The van der Waals surface area contributed by atoms with Crippen molar-refractivity contribution >= 4 is 15.9 Å². The number of hydrogen-bond acceptors (Lipinski definition) is 4. The van der Waals surface area contributed by atoms with E-state index in [1.54, 1.807) is 0 Å². The van der Waals surface area contributed by atoms with Crippen LogP contribution >= 0.6 is 0 Å². The summed E-state index contributed by atoms with van der Waals surface area (Å²) in [4.78, 5) is 14.5. The number of carbonyl (C=O) groups excluding carboxylic acids is 1. The molecule has 0 saturated carbocycles. The lowest BCUT2D eigenvalue weighted by Crippen LogP contribution is -2.43. The smallest absolute Gasteiger partial charge is 0.224 e. The van der Waals surface area contributed by atoms with Gasteiger partial charge in [0.05, 0.1) is 5.75 Å². The fourth-order valence-electron chi connectivity index (χ4n) is 3.68. The van der Waals surface area contributed by atoms with Crippen LogP contribution in [0.5, 0.6) is 0 Å². The largest absolute Gasteiger partial charge is 0.335 e. The van der Waals surface area contributed by atoms with Gasteiger partial charge < -0.3 is 10.2 Å². The third kappa shape index (κ3) is 2.71. The third-order valence-corrected chi connectivity index (χ3v) is 6.68. The molecule has 6 nitrogen and oxygen atoms in total. The number of carbonyl (C=O) groups is 1. The highest BCUT2D eigenvalue weighted by Gasteiger charge is 2.38. The second-order valence-corrected chi connectivity index (χ2v) is 8.09. The molecule has 3 rings (SSSR count). The SMILES string of the molecule is O=C(CCN1CCCS1(=O)=O)N1C2CCNCC1CC2. The molecule has 20 heavy (non-hydrogen) atoms. The summed E-state index contributed by atoms with van der Waals surface area (Å²) in [5.74, 6) is 0.364. The Morgan fingerprint density at radius 2 is 2.00 bits per heavy atom. The summed E-state index contributed by atoms with van der Waals surface area (Å²) in [6, 6.07) is 0.669. The lowest BCUT2D eigenvalue weighted by Gasteiger charge is -2.28. The van der Waals surface area contributed by atoms with Crippen molar-refractivity contribution in [3.63, 3.8) is 0 Å². The minimum absolute atomic E-state index is 0.128. The molecule has 1 N–H and O–H groups in total. The lowest BCUT2D eigenvalue weighted by atomic mass is 10.1. The maximum absolute atomic E-state index is 12.5. The summed E-state index contributed by atoms with van der Waals surface area (Å²) in [5.41, 5.74) is 0. The van der Waals surface area contributed by atoms with Gasteiger partial charge in [0.2, 0.25) is 15.9 Å². The Morgan fingerprint density at radius 1 is 1.20 bits per heavy atom.